The average molecular weight is 276 g/mol. The van der Waals surface area contributed by atoms with E-state index < -0.39 is 4.92 Å². The highest BCUT2D eigenvalue weighted by Crippen LogP contribution is 2.35. The Kier molecular flexibility index (Phi) is 5.67. The van der Waals surface area contributed by atoms with Gasteiger partial charge in [0.05, 0.1) is 30.6 Å². The van der Waals surface area contributed by atoms with Gasteiger partial charge in [0.25, 0.3) is 5.69 Å². The molecule has 0 radical (unpaired) electrons. The lowest BCUT2D eigenvalue weighted by Crippen LogP contribution is -2.06. The monoisotopic (exact) mass is 275 g/mol. The number of hydrogen-bond donors (Lipinski definition) is 0. The number of benzene rings is 1. The van der Waals surface area contributed by atoms with Gasteiger partial charge in [0.1, 0.15) is 6.61 Å². The van der Waals surface area contributed by atoms with Crippen LogP contribution in [0.2, 0.25) is 0 Å². The van der Waals surface area contributed by atoms with Gasteiger partial charge in [-0.25, -0.2) is 0 Å². The Labute approximate surface area is 110 Å². The van der Waals surface area contributed by atoms with Crippen molar-refractivity contribution in [3.05, 3.63) is 27.8 Å². The van der Waals surface area contributed by atoms with Crippen molar-refractivity contribution in [3.8, 4) is 11.5 Å². The van der Waals surface area contributed by atoms with E-state index in [0.29, 0.717) is 23.7 Å². The Hall–Kier alpha value is -1.53. The first-order valence-corrected chi connectivity index (χ1v) is 5.70. The summed E-state index contributed by atoms with van der Waals surface area (Å²) in [7, 11) is 3.00. The number of nitrogens with zero attached hydrogens (tertiary/aromatic N) is 1. The molecular weight excluding hydrogens is 262 g/mol. The molecule has 7 heteroatoms. The van der Waals surface area contributed by atoms with Crippen LogP contribution in [-0.2, 0) is 10.6 Å². The molecular formula is C11H14ClNO5. The van der Waals surface area contributed by atoms with E-state index >= 15 is 0 Å². The van der Waals surface area contributed by atoms with Crippen molar-refractivity contribution in [2.45, 2.75) is 5.88 Å². The van der Waals surface area contributed by atoms with E-state index in [9.17, 15) is 10.1 Å². The lowest BCUT2D eigenvalue weighted by Gasteiger charge is -2.11. The molecule has 0 unspecified atom stereocenters. The molecule has 0 saturated carbocycles. The summed E-state index contributed by atoms with van der Waals surface area (Å²) in [5.41, 5.74) is 0.302. The van der Waals surface area contributed by atoms with Crippen molar-refractivity contribution in [1.82, 2.24) is 0 Å². The molecule has 1 aromatic carbocycles. The van der Waals surface area contributed by atoms with E-state index in [2.05, 4.69) is 0 Å². The molecule has 1 aromatic rings. The molecule has 0 aliphatic heterocycles. The number of nitro groups is 1. The first-order valence-electron chi connectivity index (χ1n) is 5.17. The standard InChI is InChI=1S/C11H14ClNO5/c1-16-3-4-18-11-6-9(13(14)15)8(7-12)5-10(11)17-2/h5-6H,3-4,7H2,1-2H3. The molecule has 0 spiro atoms. The third-order valence-electron chi connectivity index (χ3n) is 2.25. The molecule has 18 heavy (non-hydrogen) atoms. The SMILES string of the molecule is COCCOc1cc([N+](=O)[O-])c(CCl)cc1OC. The second-order valence-corrected chi connectivity index (χ2v) is 3.63. The molecule has 0 atom stereocenters. The molecule has 100 valence electrons. The first kappa shape index (κ1) is 14.5. The summed E-state index contributed by atoms with van der Waals surface area (Å²) in [5, 5.41) is 10.9. The van der Waals surface area contributed by atoms with Gasteiger partial charge in [-0.3, -0.25) is 10.1 Å². The summed E-state index contributed by atoms with van der Waals surface area (Å²) >= 11 is 5.66. The minimum absolute atomic E-state index is 0.0328. The molecule has 0 aromatic heterocycles. The molecule has 6 nitrogen and oxygen atoms in total. The van der Waals surface area contributed by atoms with Crippen LogP contribution in [0.15, 0.2) is 12.1 Å². The van der Waals surface area contributed by atoms with Crippen molar-refractivity contribution in [1.29, 1.82) is 0 Å². The van der Waals surface area contributed by atoms with Gasteiger partial charge in [-0.15, -0.1) is 11.6 Å². The molecule has 1 rings (SSSR count). The van der Waals surface area contributed by atoms with Crippen LogP contribution < -0.4 is 9.47 Å². The predicted molar refractivity (Wildman–Crippen MR) is 66.6 cm³/mol. The number of nitro benzene ring substituents is 1. The number of methoxy groups -OCH3 is 2. The highest BCUT2D eigenvalue weighted by atomic mass is 35.5. The van der Waals surface area contributed by atoms with Crippen molar-refractivity contribution >= 4 is 17.3 Å². The normalized spacial score (nSPS) is 10.2. The summed E-state index contributed by atoms with van der Waals surface area (Å²) in [6.45, 7) is 0.665. The topological polar surface area (TPSA) is 70.8 Å². The van der Waals surface area contributed by atoms with Crippen LogP contribution in [0.25, 0.3) is 0 Å². The fraction of sp³-hybridized carbons (Fsp3) is 0.455. The van der Waals surface area contributed by atoms with Crippen LogP contribution in [0, 0.1) is 10.1 Å². The lowest BCUT2D eigenvalue weighted by molar-refractivity contribution is -0.385. The molecule has 0 fully saturated rings. The zero-order chi connectivity index (χ0) is 13.5. The summed E-state index contributed by atoms with van der Waals surface area (Å²) in [5.74, 6) is 0.743. The molecule has 0 saturated heterocycles. The van der Waals surface area contributed by atoms with Gasteiger partial charge in [0, 0.05) is 12.7 Å². The smallest absolute Gasteiger partial charge is 0.277 e. The predicted octanol–water partition coefficient (Wildman–Crippen LogP) is 2.37. The quantitative estimate of drug-likeness (QED) is 0.331. The summed E-state index contributed by atoms with van der Waals surface area (Å²) in [4.78, 5) is 10.4. The highest BCUT2D eigenvalue weighted by molar-refractivity contribution is 6.17. The fourth-order valence-corrected chi connectivity index (χ4v) is 1.59. The van der Waals surface area contributed by atoms with E-state index in [1.54, 1.807) is 7.11 Å². The second-order valence-electron chi connectivity index (χ2n) is 3.36. The summed E-state index contributed by atoms with van der Waals surface area (Å²) < 4.78 is 15.3. The van der Waals surface area contributed by atoms with E-state index in [1.807, 2.05) is 0 Å². The van der Waals surface area contributed by atoms with Crippen LogP contribution in [0.1, 0.15) is 5.56 Å². The van der Waals surface area contributed by atoms with E-state index in [-0.39, 0.29) is 18.2 Å². The average Bonchev–Trinajstić information content (AvgIpc) is 2.38. The second kappa shape index (κ2) is 7.03. The maximum atomic E-state index is 10.9. The maximum absolute atomic E-state index is 10.9. The van der Waals surface area contributed by atoms with E-state index in [0.717, 1.165) is 0 Å². The summed E-state index contributed by atoms with van der Waals surface area (Å²) in [6, 6.07) is 2.82. The Bertz CT molecular complexity index is 424. The van der Waals surface area contributed by atoms with E-state index in [1.165, 1.54) is 19.2 Å². The van der Waals surface area contributed by atoms with Crippen molar-refractivity contribution in [2.75, 3.05) is 27.4 Å². The molecule has 0 heterocycles. The van der Waals surface area contributed by atoms with Crippen LogP contribution in [0.5, 0.6) is 11.5 Å². The van der Waals surface area contributed by atoms with Gasteiger partial charge in [-0.1, -0.05) is 0 Å². The van der Waals surface area contributed by atoms with Crippen LogP contribution >= 0.6 is 11.6 Å². The zero-order valence-electron chi connectivity index (χ0n) is 10.1. The minimum Gasteiger partial charge on any atom is -0.493 e. The highest BCUT2D eigenvalue weighted by Gasteiger charge is 2.19. The maximum Gasteiger partial charge on any atom is 0.277 e. The van der Waals surface area contributed by atoms with Gasteiger partial charge in [0.2, 0.25) is 0 Å². The molecule has 0 N–H and O–H groups in total. The Balaban J connectivity index is 3.07. The number of rotatable bonds is 7. The van der Waals surface area contributed by atoms with Crippen LogP contribution in [0.4, 0.5) is 5.69 Å². The third kappa shape index (κ3) is 3.48. The van der Waals surface area contributed by atoms with Crippen LogP contribution in [0.3, 0.4) is 0 Å². The number of alkyl halides is 1. The van der Waals surface area contributed by atoms with Gasteiger partial charge in [-0.2, -0.15) is 0 Å². The zero-order valence-corrected chi connectivity index (χ0v) is 10.9. The van der Waals surface area contributed by atoms with Gasteiger partial charge in [-0.05, 0) is 6.07 Å². The van der Waals surface area contributed by atoms with Gasteiger partial charge < -0.3 is 14.2 Å². The van der Waals surface area contributed by atoms with E-state index in [4.69, 9.17) is 25.8 Å². The number of hydrogen-bond acceptors (Lipinski definition) is 5. The van der Waals surface area contributed by atoms with Crippen molar-refractivity contribution in [3.63, 3.8) is 0 Å². The largest absolute Gasteiger partial charge is 0.493 e. The molecule has 0 aliphatic rings. The Morgan fingerprint density at radius 3 is 2.50 bits per heavy atom. The summed E-state index contributed by atoms with van der Waals surface area (Å²) in [6.07, 6.45) is 0. The number of ether oxygens (including phenoxy) is 3. The van der Waals surface area contributed by atoms with Gasteiger partial charge in [0.15, 0.2) is 11.5 Å². The number of halogens is 1. The molecule has 0 aliphatic carbocycles. The molecule has 0 bridgehead atoms. The van der Waals surface area contributed by atoms with Crippen molar-refractivity contribution in [2.24, 2.45) is 0 Å². The molecule has 0 amide bonds. The van der Waals surface area contributed by atoms with Crippen LogP contribution in [-0.4, -0.2) is 32.4 Å². The first-order chi connectivity index (χ1) is 8.63. The minimum atomic E-state index is -0.500. The fourth-order valence-electron chi connectivity index (χ4n) is 1.38. The third-order valence-corrected chi connectivity index (χ3v) is 2.54. The Morgan fingerprint density at radius 2 is 2.00 bits per heavy atom. The lowest BCUT2D eigenvalue weighted by atomic mass is 10.2. The van der Waals surface area contributed by atoms with Crippen molar-refractivity contribution < 1.29 is 19.1 Å². The van der Waals surface area contributed by atoms with Gasteiger partial charge >= 0.3 is 0 Å². The Morgan fingerprint density at radius 1 is 1.28 bits per heavy atom.